The van der Waals surface area contributed by atoms with Crippen LogP contribution in [0.3, 0.4) is 0 Å². The van der Waals surface area contributed by atoms with Gasteiger partial charge >= 0.3 is 0 Å². The molecule has 0 radical (unpaired) electrons. The predicted molar refractivity (Wildman–Crippen MR) is 116 cm³/mol. The average molecular weight is 583 g/mol. The first-order valence-electron chi connectivity index (χ1n) is 8.81. The van der Waals surface area contributed by atoms with Gasteiger partial charge in [-0.1, -0.05) is 0 Å². The van der Waals surface area contributed by atoms with E-state index in [0.717, 1.165) is 0 Å². The fourth-order valence-corrected chi connectivity index (χ4v) is 6.09. The van der Waals surface area contributed by atoms with Gasteiger partial charge in [-0.3, -0.25) is 23.0 Å². The fraction of sp³-hybridized carbons (Fsp3) is 0. The van der Waals surface area contributed by atoms with Crippen LogP contribution in [-0.2, 0) is 40.5 Å². The molecule has 0 aliphatic carbocycles. The molecule has 0 unspecified atom stereocenters. The van der Waals surface area contributed by atoms with Gasteiger partial charge in [0.2, 0.25) is 5.78 Å². The number of benzene rings is 2. The molecule has 192 valence electrons. The highest BCUT2D eigenvalue weighted by Gasteiger charge is 2.37. The molecular formula is C16H10N2O14S4. The molecular weight excluding hydrogens is 572 g/mol. The van der Waals surface area contributed by atoms with E-state index in [1.165, 1.54) is 0 Å². The van der Waals surface area contributed by atoms with Gasteiger partial charge < -0.3 is 10.1 Å². The molecule has 36 heavy (non-hydrogen) atoms. The van der Waals surface area contributed by atoms with Crippen LogP contribution in [0.1, 0.15) is 16.1 Å². The van der Waals surface area contributed by atoms with Crippen LogP contribution in [0, 0.1) is 0 Å². The third-order valence-corrected chi connectivity index (χ3v) is 8.35. The Morgan fingerprint density at radius 1 is 0.694 bits per heavy atom. The summed E-state index contributed by atoms with van der Waals surface area (Å²) in [6, 6.07) is 1.78. The minimum atomic E-state index is -5.28. The van der Waals surface area contributed by atoms with Gasteiger partial charge in [-0.05, 0) is 24.3 Å². The average Bonchev–Trinajstić information content (AvgIpc) is 3.21. The van der Waals surface area contributed by atoms with Crippen molar-refractivity contribution in [3.8, 4) is 5.75 Å². The number of hydrogen-bond acceptors (Lipinski definition) is 11. The monoisotopic (exact) mass is 582 g/mol. The van der Waals surface area contributed by atoms with Crippen LogP contribution in [0.25, 0.3) is 10.9 Å². The van der Waals surface area contributed by atoms with Gasteiger partial charge in [0.25, 0.3) is 40.5 Å². The lowest BCUT2D eigenvalue weighted by Gasteiger charge is -2.06. The van der Waals surface area contributed by atoms with Crippen molar-refractivity contribution in [3.63, 3.8) is 0 Å². The molecule has 2 heterocycles. The van der Waals surface area contributed by atoms with Crippen molar-refractivity contribution in [3.05, 3.63) is 35.5 Å². The highest BCUT2D eigenvalue weighted by atomic mass is 32.2. The first-order valence-corrected chi connectivity index (χ1v) is 14.6. The lowest BCUT2D eigenvalue weighted by Crippen LogP contribution is -2.15. The summed E-state index contributed by atoms with van der Waals surface area (Å²) in [5, 5.41) is 9.97. The van der Waals surface area contributed by atoms with Crippen LogP contribution in [-0.4, -0.2) is 73.5 Å². The molecule has 1 aliphatic rings. The zero-order chi connectivity index (χ0) is 27.2. The lowest BCUT2D eigenvalue weighted by molar-refractivity contribution is 0.106. The number of nitrogens with one attached hydrogen (secondary N) is 1. The van der Waals surface area contributed by atoms with E-state index >= 15 is 0 Å². The number of fused-ring (bicyclic) bond motifs is 2. The maximum atomic E-state index is 13.0. The summed E-state index contributed by atoms with van der Waals surface area (Å²) in [6.07, 6.45) is 0. The summed E-state index contributed by atoms with van der Waals surface area (Å²) in [5.74, 6) is -2.37. The topological polar surface area (TPSA) is 283 Å². The maximum Gasteiger partial charge on any atom is 0.296 e. The zero-order valence-corrected chi connectivity index (χ0v) is 20.1. The van der Waals surface area contributed by atoms with Crippen LogP contribution in [0.5, 0.6) is 5.75 Å². The Bertz CT molecular complexity index is 2000. The van der Waals surface area contributed by atoms with Gasteiger partial charge in [-0.25, -0.2) is 4.99 Å². The molecule has 0 atom stereocenters. The minimum absolute atomic E-state index is 0.278. The van der Waals surface area contributed by atoms with E-state index in [1.807, 2.05) is 0 Å². The molecule has 0 saturated heterocycles. The summed E-state index contributed by atoms with van der Waals surface area (Å²) in [5.41, 5.74) is -3.81. The van der Waals surface area contributed by atoms with Crippen molar-refractivity contribution in [1.82, 2.24) is 4.98 Å². The van der Waals surface area contributed by atoms with E-state index in [9.17, 15) is 61.8 Å². The molecule has 20 heteroatoms. The van der Waals surface area contributed by atoms with Crippen molar-refractivity contribution in [2.24, 2.45) is 4.99 Å². The van der Waals surface area contributed by atoms with Gasteiger partial charge in [0.05, 0.1) is 26.6 Å². The van der Waals surface area contributed by atoms with E-state index in [0.29, 0.717) is 18.2 Å². The van der Waals surface area contributed by atoms with Crippen LogP contribution in [0.2, 0.25) is 0 Å². The Kier molecular flexibility index (Phi) is 5.48. The normalized spacial score (nSPS) is 14.8. The number of nitrogens with zero attached hydrogens (tertiary/aromatic N) is 1. The van der Waals surface area contributed by atoms with Crippen molar-refractivity contribution >= 4 is 68.6 Å². The van der Waals surface area contributed by atoms with Crippen LogP contribution in [0.4, 0.5) is 5.69 Å². The Morgan fingerprint density at radius 2 is 1.19 bits per heavy atom. The van der Waals surface area contributed by atoms with Crippen molar-refractivity contribution in [1.29, 1.82) is 0 Å². The highest BCUT2D eigenvalue weighted by Crippen LogP contribution is 2.41. The van der Waals surface area contributed by atoms with Gasteiger partial charge in [0.1, 0.15) is 21.2 Å². The minimum Gasteiger partial charge on any atom is -0.505 e. The van der Waals surface area contributed by atoms with Gasteiger partial charge in [-0.15, -0.1) is 0 Å². The summed E-state index contributed by atoms with van der Waals surface area (Å²) >= 11 is 0. The number of rotatable bonds is 5. The second-order valence-corrected chi connectivity index (χ2v) is 12.8. The number of aromatic amines is 1. The quantitative estimate of drug-likeness (QED) is 0.219. The molecule has 4 rings (SSSR count). The number of aromatic hydroxyl groups is 1. The fourth-order valence-electron chi connectivity index (χ4n) is 3.45. The van der Waals surface area contributed by atoms with Gasteiger partial charge in [0, 0.05) is 5.39 Å². The molecule has 0 fully saturated rings. The predicted octanol–water partition coefficient (Wildman–Crippen LogP) is 0.177. The Hall–Kier alpha value is -3.24. The van der Waals surface area contributed by atoms with E-state index in [2.05, 4.69) is 9.98 Å². The SMILES string of the molecule is O=C1C(c2[nH]c3c(S(=O)(=O)O)cc(S(=O)(=O)O)cc3c2O)=Nc2cc(S(=O)(=O)O)cc(S(=O)(=O)O)c21. The Labute approximate surface area is 200 Å². The molecule has 0 spiro atoms. The first-order chi connectivity index (χ1) is 16.2. The Balaban J connectivity index is 2.06. The van der Waals surface area contributed by atoms with Crippen LogP contribution in [0.15, 0.2) is 48.8 Å². The molecule has 0 saturated carbocycles. The van der Waals surface area contributed by atoms with Crippen LogP contribution < -0.4 is 0 Å². The third kappa shape index (κ3) is 4.18. The molecule has 1 aromatic heterocycles. The number of carbonyl (C=O) groups excluding carboxylic acids is 1. The van der Waals surface area contributed by atoms with Gasteiger partial charge in [-0.2, -0.15) is 33.7 Å². The number of aromatic nitrogens is 1. The van der Waals surface area contributed by atoms with Crippen LogP contribution >= 0.6 is 0 Å². The van der Waals surface area contributed by atoms with E-state index in [4.69, 9.17) is 0 Å². The summed E-state index contributed by atoms with van der Waals surface area (Å²) in [4.78, 5) is 14.4. The number of carbonyl (C=O) groups is 1. The number of hydrogen-bond donors (Lipinski definition) is 6. The number of ketones is 1. The molecule has 6 N–H and O–H groups in total. The number of H-pyrrole nitrogens is 1. The molecule has 1 aliphatic heterocycles. The van der Waals surface area contributed by atoms with Crippen molar-refractivity contribution in [2.75, 3.05) is 0 Å². The second kappa shape index (κ2) is 7.63. The molecule has 16 nitrogen and oxygen atoms in total. The first kappa shape index (κ1) is 25.8. The van der Waals surface area contributed by atoms with E-state index < -0.39 is 105 Å². The summed E-state index contributed by atoms with van der Waals surface area (Å²) < 4.78 is 131. The van der Waals surface area contributed by atoms with E-state index in [-0.39, 0.29) is 6.07 Å². The smallest absolute Gasteiger partial charge is 0.296 e. The standard InChI is InChI=1S/C16H10N2O14S4/c19-15-7-1-5(33(21,22)23)4-10(36(30,31)32)12(7)18-13(15)14-16(20)11-8(17-14)2-6(34(24,25)26)3-9(11)35(27,28)29/h1-4,18-19H,(H,21,22,23)(H,24,25,26)(H,27,28,29)(H,30,31,32). The maximum absolute atomic E-state index is 13.0. The number of aliphatic imine (C=N–C) groups is 1. The Morgan fingerprint density at radius 3 is 1.69 bits per heavy atom. The molecule has 0 bridgehead atoms. The third-order valence-electron chi connectivity index (χ3n) is 4.94. The van der Waals surface area contributed by atoms with E-state index in [1.54, 1.807) is 0 Å². The summed E-state index contributed by atoms with van der Waals surface area (Å²) in [7, 11) is -20.6. The van der Waals surface area contributed by atoms with Gasteiger partial charge in [0.15, 0.2) is 5.75 Å². The molecule has 3 aromatic rings. The largest absolute Gasteiger partial charge is 0.505 e. The molecule has 0 amide bonds. The van der Waals surface area contributed by atoms with Crippen molar-refractivity contribution < 1.29 is 61.8 Å². The number of Topliss-reactive ketones (excluding diaryl/α,β-unsaturated/α-hetero) is 1. The second-order valence-electron chi connectivity index (χ2n) is 7.20. The highest BCUT2D eigenvalue weighted by molar-refractivity contribution is 7.87. The zero-order valence-electron chi connectivity index (χ0n) is 16.8. The molecule has 2 aromatic carbocycles. The lowest BCUT2D eigenvalue weighted by atomic mass is 10.1. The summed E-state index contributed by atoms with van der Waals surface area (Å²) in [6.45, 7) is 0. The van der Waals surface area contributed by atoms with Crippen molar-refractivity contribution in [2.45, 2.75) is 19.6 Å².